The van der Waals surface area contributed by atoms with E-state index in [1.807, 2.05) is 50.2 Å². The SMILES string of the molecule is CC[C@@H](Oc1ccccc1C)C(=O)n1cc(C(=O)OC)c2ccccc21. The van der Waals surface area contributed by atoms with Crippen LogP contribution in [-0.2, 0) is 4.74 Å². The van der Waals surface area contributed by atoms with Crippen molar-refractivity contribution in [2.24, 2.45) is 0 Å². The monoisotopic (exact) mass is 351 g/mol. The molecule has 0 saturated heterocycles. The van der Waals surface area contributed by atoms with Gasteiger partial charge >= 0.3 is 5.97 Å². The molecule has 0 fully saturated rings. The first kappa shape index (κ1) is 17.7. The summed E-state index contributed by atoms with van der Waals surface area (Å²) in [5.74, 6) is -0.0138. The number of nitrogens with zero attached hydrogens (tertiary/aromatic N) is 1. The molecule has 0 N–H and O–H groups in total. The summed E-state index contributed by atoms with van der Waals surface area (Å²) in [6.07, 6.45) is 1.38. The molecule has 0 radical (unpaired) electrons. The Morgan fingerprint density at radius 1 is 1.08 bits per heavy atom. The van der Waals surface area contributed by atoms with Crippen LogP contribution >= 0.6 is 0 Å². The summed E-state index contributed by atoms with van der Waals surface area (Å²) in [6, 6.07) is 14.8. The molecular weight excluding hydrogens is 330 g/mol. The average molecular weight is 351 g/mol. The van der Waals surface area contributed by atoms with E-state index in [9.17, 15) is 9.59 Å². The average Bonchev–Trinajstić information content (AvgIpc) is 3.06. The second-order valence-corrected chi connectivity index (χ2v) is 6.04. The maximum atomic E-state index is 13.1. The Morgan fingerprint density at radius 3 is 2.46 bits per heavy atom. The number of rotatable bonds is 5. The van der Waals surface area contributed by atoms with Gasteiger partial charge in [0.05, 0.1) is 18.2 Å². The molecule has 5 heteroatoms. The summed E-state index contributed by atoms with van der Waals surface area (Å²) >= 11 is 0. The second kappa shape index (κ2) is 7.44. The molecule has 1 aromatic heterocycles. The minimum atomic E-state index is -0.655. The predicted octanol–water partition coefficient (Wildman–Crippen LogP) is 4.23. The first-order valence-corrected chi connectivity index (χ1v) is 8.51. The summed E-state index contributed by atoms with van der Waals surface area (Å²) in [4.78, 5) is 25.2. The van der Waals surface area contributed by atoms with Crippen LogP contribution in [-0.4, -0.2) is 29.7 Å². The van der Waals surface area contributed by atoms with Crippen LogP contribution in [0.3, 0.4) is 0 Å². The summed E-state index contributed by atoms with van der Waals surface area (Å²) in [5, 5.41) is 0.679. The zero-order valence-electron chi connectivity index (χ0n) is 15.1. The van der Waals surface area contributed by atoms with Gasteiger partial charge in [0.15, 0.2) is 6.10 Å². The van der Waals surface area contributed by atoms with Gasteiger partial charge in [0.1, 0.15) is 5.75 Å². The standard InChI is InChI=1S/C21H21NO4/c1-4-18(26-19-12-8-5-9-14(19)2)20(23)22-13-16(21(24)25-3)15-10-6-7-11-17(15)22/h5-13,18H,4H2,1-3H3/t18-/m1/s1. The van der Waals surface area contributed by atoms with Gasteiger partial charge in [-0.2, -0.15) is 0 Å². The highest BCUT2D eigenvalue weighted by Crippen LogP contribution is 2.24. The molecular formula is C21H21NO4. The minimum absolute atomic E-state index is 0.220. The van der Waals surface area contributed by atoms with Gasteiger partial charge in [-0.3, -0.25) is 9.36 Å². The van der Waals surface area contributed by atoms with Crippen molar-refractivity contribution in [3.05, 3.63) is 65.9 Å². The van der Waals surface area contributed by atoms with E-state index in [1.54, 1.807) is 12.1 Å². The van der Waals surface area contributed by atoms with Crippen molar-refractivity contribution in [2.75, 3.05) is 7.11 Å². The lowest BCUT2D eigenvalue weighted by Crippen LogP contribution is -2.31. The predicted molar refractivity (Wildman–Crippen MR) is 99.8 cm³/mol. The number of carbonyl (C=O) groups excluding carboxylic acids is 2. The highest BCUT2D eigenvalue weighted by molar-refractivity contribution is 6.07. The fraction of sp³-hybridized carbons (Fsp3) is 0.238. The van der Waals surface area contributed by atoms with Gasteiger partial charge in [0.25, 0.3) is 5.91 Å². The Kier molecular flexibility index (Phi) is 5.07. The normalized spacial score (nSPS) is 12.0. The van der Waals surface area contributed by atoms with Crippen molar-refractivity contribution >= 4 is 22.8 Å². The van der Waals surface area contributed by atoms with Gasteiger partial charge in [-0.1, -0.05) is 43.3 Å². The number of ether oxygens (including phenoxy) is 2. The van der Waals surface area contributed by atoms with Gasteiger partial charge in [0, 0.05) is 11.6 Å². The molecule has 3 aromatic rings. The number of hydrogen-bond acceptors (Lipinski definition) is 4. The Hall–Kier alpha value is -3.08. The fourth-order valence-corrected chi connectivity index (χ4v) is 2.94. The highest BCUT2D eigenvalue weighted by Gasteiger charge is 2.25. The molecule has 3 rings (SSSR count). The smallest absolute Gasteiger partial charge is 0.340 e. The van der Waals surface area contributed by atoms with Crippen LogP contribution in [0.25, 0.3) is 10.9 Å². The zero-order chi connectivity index (χ0) is 18.7. The van der Waals surface area contributed by atoms with Crippen molar-refractivity contribution in [1.29, 1.82) is 0 Å². The minimum Gasteiger partial charge on any atom is -0.480 e. The van der Waals surface area contributed by atoms with Crippen LogP contribution in [0.2, 0.25) is 0 Å². The van der Waals surface area contributed by atoms with Gasteiger partial charge in [0.2, 0.25) is 0 Å². The Bertz CT molecular complexity index is 958. The third-order valence-corrected chi connectivity index (χ3v) is 4.36. The molecule has 1 heterocycles. The number of para-hydroxylation sites is 2. The molecule has 0 aliphatic carbocycles. The van der Waals surface area contributed by atoms with Crippen LogP contribution in [0.4, 0.5) is 0 Å². The molecule has 0 spiro atoms. The van der Waals surface area contributed by atoms with Gasteiger partial charge < -0.3 is 9.47 Å². The second-order valence-electron chi connectivity index (χ2n) is 6.04. The number of carbonyl (C=O) groups is 2. The van der Waals surface area contributed by atoms with E-state index in [-0.39, 0.29) is 5.91 Å². The summed E-state index contributed by atoms with van der Waals surface area (Å²) in [6.45, 7) is 3.83. The van der Waals surface area contributed by atoms with E-state index in [2.05, 4.69) is 0 Å². The van der Waals surface area contributed by atoms with Crippen molar-refractivity contribution in [2.45, 2.75) is 26.4 Å². The fourth-order valence-electron chi connectivity index (χ4n) is 2.94. The summed E-state index contributed by atoms with van der Waals surface area (Å²) in [7, 11) is 1.33. The quantitative estimate of drug-likeness (QED) is 0.645. The molecule has 0 bridgehead atoms. The first-order chi connectivity index (χ1) is 12.6. The van der Waals surface area contributed by atoms with Crippen molar-refractivity contribution in [3.8, 4) is 5.75 Å². The maximum Gasteiger partial charge on any atom is 0.340 e. The van der Waals surface area contributed by atoms with Gasteiger partial charge in [-0.15, -0.1) is 0 Å². The molecule has 26 heavy (non-hydrogen) atoms. The van der Waals surface area contributed by atoms with E-state index < -0.39 is 12.1 Å². The van der Waals surface area contributed by atoms with E-state index >= 15 is 0 Å². The highest BCUT2D eigenvalue weighted by atomic mass is 16.5. The Balaban J connectivity index is 2.00. The molecule has 0 unspecified atom stereocenters. The number of esters is 1. The van der Waals surface area contributed by atoms with Crippen molar-refractivity contribution in [1.82, 2.24) is 4.57 Å². The van der Waals surface area contributed by atoms with Crippen LogP contribution in [0.15, 0.2) is 54.7 Å². The van der Waals surface area contributed by atoms with E-state index in [0.29, 0.717) is 28.6 Å². The third-order valence-electron chi connectivity index (χ3n) is 4.36. The van der Waals surface area contributed by atoms with Crippen LogP contribution in [0.5, 0.6) is 5.75 Å². The van der Waals surface area contributed by atoms with E-state index in [0.717, 1.165) is 5.56 Å². The van der Waals surface area contributed by atoms with Crippen LogP contribution in [0, 0.1) is 6.92 Å². The maximum absolute atomic E-state index is 13.1. The Morgan fingerprint density at radius 2 is 1.77 bits per heavy atom. The molecule has 0 aliphatic rings. The number of benzene rings is 2. The zero-order valence-corrected chi connectivity index (χ0v) is 15.1. The van der Waals surface area contributed by atoms with Gasteiger partial charge in [-0.25, -0.2) is 4.79 Å². The molecule has 0 saturated carbocycles. The summed E-state index contributed by atoms with van der Waals surface area (Å²) in [5.41, 5.74) is 1.98. The lowest BCUT2D eigenvalue weighted by Gasteiger charge is -2.18. The first-order valence-electron chi connectivity index (χ1n) is 8.51. The molecule has 134 valence electrons. The molecule has 1 atom stereocenters. The number of fused-ring (bicyclic) bond motifs is 1. The third kappa shape index (κ3) is 3.20. The lowest BCUT2D eigenvalue weighted by molar-refractivity contribution is 0.0602. The van der Waals surface area contributed by atoms with Crippen LogP contribution in [0.1, 0.15) is 34.1 Å². The number of hydrogen-bond donors (Lipinski definition) is 0. The van der Waals surface area contributed by atoms with Gasteiger partial charge in [-0.05, 0) is 31.0 Å². The van der Waals surface area contributed by atoms with E-state index in [1.165, 1.54) is 17.9 Å². The lowest BCUT2D eigenvalue weighted by atomic mass is 10.2. The number of aryl methyl sites for hydroxylation is 1. The van der Waals surface area contributed by atoms with Crippen molar-refractivity contribution in [3.63, 3.8) is 0 Å². The topological polar surface area (TPSA) is 57.5 Å². The molecule has 0 amide bonds. The molecule has 5 nitrogen and oxygen atoms in total. The molecule has 0 aliphatic heterocycles. The van der Waals surface area contributed by atoms with Crippen molar-refractivity contribution < 1.29 is 19.1 Å². The van der Waals surface area contributed by atoms with E-state index in [4.69, 9.17) is 9.47 Å². The van der Waals surface area contributed by atoms with Crippen LogP contribution < -0.4 is 4.74 Å². The number of aromatic nitrogens is 1. The summed E-state index contributed by atoms with van der Waals surface area (Å²) < 4.78 is 12.3. The largest absolute Gasteiger partial charge is 0.480 e. The molecule has 2 aromatic carbocycles. The Labute approximate surface area is 152 Å². The number of methoxy groups -OCH3 is 1.